The number of rotatable bonds is 6. The Morgan fingerprint density at radius 2 is 1.72 bits per heavy atom. The van der Waals surface area contributed by atoms with Gasteiger partial charge in [0.25, 0.3) is 0 Å². The average Bonchev–Trinajstić information content (AvgIpc) is 2.80. The van der Waals surface area contributed by atoms with E-state index in [1.165, 1.54) is 11.3 Å². The molecule has 2 amide bonds. The topological polar surface area (TPSA) is 73.9 Å². The highest BCUT2D eigenvalue weighted by molar-refractivity contribution is 5.95. The van der Waals surface area contributed by atoms with Crippen LogP contribution in [-0.2, 0) is 9.53 Å². The molecule has 4 rings (SSSR count). The number of amides is 2. The number of esters is 1. The van der Waals surface area contributed by atoms with Crippen molar-refractivity contribution in [1.29, 1.82) is 0 Å². The standard InChI is InChI=1S/C25H30N4O3/c1-3-32-24(30)22-21(26-25(31)27-23(22)19-7-5-4-6-8-19)17-28-13-15-29(16-14-28)20-11-9-18(2)10-12-20/h4-12,23H,3,13-17H2,1-2H3,(H2,26,27,31). The number of anilines is 1. The van der Waals surface area contributed by atoms with Crippen LogP contribution in [0.1, 0.15) is 24.1 Å². The van der Waals surface area contributed by atoms with Gasteiger partial charge in [-0.1, -0.05) is 48.0 Å². The van der Waals surface area contributed by atoms with Crippen molar-refractivity contribution in [2.24, 2.45) is 0 Å². The second kappa shape index (κ2) is 9.87. The summed E-state index contributed by atoms with van der Waals surface area (Å²) in [5, 5.41) is 5.76. The third-order valence-corrected chi connectivity index (χ3v) is 5.94. The number of nitrogens with one attached hydrogen (secondary N) is 2. The van der Waals surface area contributed by atoms with Crippen LogP contribution in [-0.4, -0.2) is 56.2 Å². The first-order valence-electron chi connectivity index (χ1n) is 11.1. The summed E-state index contributed by atoms with van der Waals surface area (Å²) in [5.41, 5.74) is 4.41. The number of urea groups is 1. The first-order valence-corrected chi connectivity index (χ1v) is 11.1. The molecule has 2 aliphatic rings. The van der Waals surface area contributed by atoms with Crippen molar-refractivity contribution >= 4 is 17.7 Å². The van der Waals surface area contributed by atoms with E-state index in [4.69, 9.17) is 4.74 Å². The molecule has 7 heteroatoms. The van der Waals surface area contributed by atoms with Crippen LogP contribution in [0, 0.1) is 6.92 Å². The van der Waals surface area contributed by atoms with Crippen LogP contribution in [0.4, 0.5) is 10.5 Å². The molecular formula is C25H30N4O3. The van der Waals surface area contributed by atoms with E-state index in [0.29, 0.717) is 17.8 Å². The monoisotopic (exact) mass is 434 g/mol. The van der Waals surface area contributed by atoms with Crippen molar-refractivity contribution in [3.05, 3.63) is 77.0 Å². The Balaban J connectivity index is 1.53. The lowest BCUT2D eigenvalue weighted by atomic mass is 9.95. The van der Waals surface area contributed by atoms with Crippen LogP contribution in [0.5, 0.6) is 0 Å². The predicted octanol–water partition coefficient (Wildman–Crippen LogP) is 2.99. The molecule has 2 heterocycles. The second-order valence-electron chi connectivity index (χ2n) is 8.15. The molecule has 2 aromatic carbocycles. The molecule has 0 bridgehead atoms. The Bertz CT molecular complexity index is 980. The van der Waals surface area contributed by atoms with Gasteiger partial charge >= 0.3 is 12.0 Å². The van der Waals surface area contributed by atoms with E-state index in [1.807, 2.05) is 30.3 Å². The lowest BCUT2D eigenvalue weighted by molar-refractivity contribution is -0.139. The highest BCUT2D eigenvalue weighted by Crippen LogP contribution is 2.28. The molecule has 0 aromatic heterocycles. The molecule has 0 saturated carbocycles. The molecule has 1 saturated heterocycles. The van der Waals surface area contributed by atoms with Crippen molar-refractivity contribution in [1.82, 2.24) is 15.5 Å². The molecule has 2 aromatic rings. The normalized spacial score (nSPS) is 19.4. The molecule has 0 spiro atoms. The maximum absolute atomic E-state index is 12.9. The number of carbonyl (C=O) groups excluding carboxylic acids is 2. The van der Waals surface area contributed by atoms with Gasteiger partial charge in [-0.15, -0.1) is 0 Å². The summed E-state index contributed by atoms with van der Waals surface area (Å²) >= 11 is 0. The van der Waals surface area contributed by atoms with E-state index in [2.05, 4.69) is 51.6 Å². The lowest BCUT2D eigenvalue weighted by Crippen LogP contribution is -2.51. The van der Waals surface area contributed by atoms with Gasteiger partial charge in [-0.05, 0) is 31.5 Å². The lowest BCUT2D eigenvalue weighted by Gasteiger charge is -2.38. The van der Waals surface area contributed by atoms with E-state index in [-0.39, 0.29) is 12.6 Å². The Morgan fingerprint density at radius 3 is 2.38 bits per heavy atom. The molecule has 1 unspecified atom stereocenters. The molecule has 2 N–H and O–H groups in total. The fourth-order valence-electron chi connectivity index (χ4n) is 4.23. The van der Waals surface area contributed by atoms with E-state index in [9.17, 15) is 9.59 Å². The number of hydrogen-bond acceptors (Lipinski definition) is 5. The number of carbonyl (C=O) groups is 2. The fraction of sp³-hybridized carbons (Fsp3) is 0.360. The summed E-state index contributed by atoms with van der Waals surface area (Å²) in [6.45, 7) is 8.10. The second-order valence-corrected chi connectivity index (χ2v) is 8.15. The van der Waals surface area contributed by atoms with E-state index in [0.717, 1.165) is 31.7 Å². The summed E-state index contributed by atoms with van der Waals surface area (Å²) in [4.78, 5) is 30.0. The molecule has 0 aliphatic carbocycles. The van der Waals surface area contributed by atoms with Crippen molar-refractivity contribution in [2.45, 2.75) is 19.9 Å². The quantitative estimate of drug-likeness (QED) is 0.684. The first-order chi connectivity index (χ1) is 15.5. The Labute approximate surface area is 189 Å². The zero-order chi connectivity index (χ0) is 22.5. The third kappa shape index (κ3) is 4.94. The van der Waals surface area contributed by atoms with Crippen LogP contribution in [0.2, 0.25) is 0 Å². The molecule has 32 heavy (non-hydrogen) atoms. The summed E-state index contributed by atoms with van der Waals surface area (Å²) in [7, 11) is 0. The van der Waals surface area contributed by atoms with Gasteiger partial charge in [-0.25, -0.2) is 9.59 Å². The number of aryl methyl sites for hydroxylation is 1. The van der Waals surface area contributed by atoms with Gasteiger partial charge in [0.2, 0.25) is 0 Å². The van der Waals surface area contributed by atoms with Crippen LogP contribution in [0.3, 0.4) is 0 Å². The Morgan fingerprint density at radius 1 is 1.03 bits per heavy atom. The van der Waals surface area contributed by atoms with E-state index in [1.54, 1.807) is 6.92 Å². The number of hydrogen-bond donors (Lipinski definition) is 2. The minimum absolute atomic E-state index is 0.278. The van der Waals surface area contributed by atoms with Gasteiger partial charge in [0.1, 0.15) is 0 Å². The smallest absolute Gasteiger partial charge is 0.338 e. The number of nitrogens with zero attached hydrogens (tertiary/aromatic N) is 2. The highest BCUT2D eigenvalue weighted by atomic mass is 16.5. The molecule has 7 nitrogen and oxygen atoms in total. The van der Waals surface area contributed by atoms with Crippen molar-refractivity contribution in [3.63, 3.8) is 0 Å². The van der Waals surface area contributed by atoms with E-state index < -0.39 is 12.0 Å². The maximum atomic E-state index is 12.9. The summed E-state index contributed by atoms with van der Waals surface area (Å²) in [5.74, 6) is -0.401. The zero-order valence-corrected chi connectivity index (χ0v) is 18.6. The first kappa shape index (κ1) is 21.9. The zero-order valence-electron chi connectivity index (χ0n) is 18.6. The molecule has 168 valence electrons. The van der Waals surface area contributed by atoms with Gasteiger partial charge in [0.15, 0.2) is 0 Å². The summed E-state index contributed by atoms with van der Waals surface area (Å²) in [6.07, 6.45) is 0. The highest BCUT2D eigenvalue weighted by Gasteiger charge is 2.34. The van der Waals surface area contributed by atoms with Crippen molar-refractivity contribution in [2.75, 3.05) is 44.2 Å². The van der Waals surface area contributed by atoms with Crippen LogP contribution >= 0.6 is 0 Å². The molecule has 2 aliphatic heterocycles. The number of ether oxygens (including phenoxy) is 1. The van der Waals surface area contributed by atoms with Crippen LogP contribution < -0.4 is 15.5 Å². The largest absolute Gasteiger partial charge is 0.463 e. The van der Waals surface area contributed by atoms with Gasteiger partial charge in [-0.2, -0.15) is 0 Å². The van der Waals surface area contributed by atoms with Crippen molar-refractivity contribution in [3.8, 4) is 0 Å². The SMILES string of the molecule is CCOC(=O)C1=C(CN2CCN(c3ccc(C)cc3)CC2)NC(=O)NC1c1ccccc1. The van der Waals surface area contributed by atoms with Crippen LogP contribution in [0.15, 0.2) is 65.9 Å². The number of benzene rings is 2. The molecule has 0 radical (unpaired) electrons. The average molecular weight is 435 g/mol. The molecule has 1 fully saturated rings. The summed E-state index contributed by atoms with van der Waals surface area (Å²) in [6, 6.07) is 17.3. The van der Waals surface area contributed by atoms with Crippen molar-refractivity contribution < 1.29 is 14.3 Å². The van der Waals surface area contributed by atoms with E-state index >= 15 is 0 Å². The Hall–Kier alpha value is -3.32. The fourth-order valence-corrected chi connectivity index (χ4v) is 4.23. The van der Waals surface area contributed by atoms with Gasteiger partial charge in [0.05, 0.1) is 18.2 Å². The summed E-state index contributed by atoms with van der Waals surface area (Å²) < 4.78 is 5.36. The number of piperazine rings is 1. The molecule has 1 atom stereocenters. The minimum Gasteiger partial charge on any atom is -0.463 e. The Kier molecular flexibility index (Phi) is 6.75. The third-order valence-electron chi connectivity index (χ3n) is 5.94. The van der Waals surface area contributed by atoms with Gasteiger partial charge in [0, 0.05) is 44.1 Å². The van der Waals surface area contributed by atoms with Gasteiger partial charge in [-0.3, -0.25) is 4.90 Å². The molecular weight excluding hydrogens is 404 g/mol. The van der Waals surface area contributed by atoms with Gasteiger partial charge < -0.3 is 20.3 Å². The minimum atomic E-state index is -0.534. The van der Waals surface area contributed by atoms with Crippen LogP contribution in [0.25, 0.3) is 0 Å². The predicted molar refractivity (Wildman–Crippen MR) is 124 cm³/mol. The maximum Gasteiger partial charge on any atom is 0.338 e.